The van der Waals surface area contributed by atoms with Crippen LogP contribution in [-0.4, -0.2) is 4.37 Å². The Morgan fingerprint density at radius 3 is 2.43 bits per heavy atom. The van der Waals surface area contributed by atoms with Crippen molar-refractivity contribution in [2.75, 3.05) is 0 Å². The SMILES string of the molecule is CC(C)c1ccc(Oc2cccc(OCc3ccsn3)c2)cc1. The fraction of sp³-hybridized carbons (Fsp3) is 0.211. The van der Waals surface area contributed by atoms with Gasteiger partial charge in [-0.15, -0.1) is 0 Å². The molecule has 0 fully saturated rings. The number of hydrogen-bond donors (Lipinski definition) is 0. The molecule has 0 N–H and O–H groups in total. The van der Waals surface area contributed by atoms with Crippen molar-refractivity contribution in [3.05, 3.63) is 71.2 Å². The van der Waals surface area contributed by atoms with Gasteiger partial charge in [0, 0.05) is 11.4 Å². The highest BCUT2D eigenvalue weighted by atomic mass is 32.1. The van der Waals surface area contributed by atoms with Gasteiger partial charge >= 0.3 is 0 Å². The zero-order valence-corrected chi connectivity index (χ0v) is 14.0. The first-order valence-corrected chi connectivity index (χ1v) is 8.44. The molecule has 1 aromatic heterocycles. The van der Waals surface area contributed by atoms with E-state index in [1.54, 1.807) is 0 Å². The van der Waals surface area contributed by atoms with Gasteiger partial charge < -0.3 is 9.47 Å². The van der Waals surface area contributed by atoms with Gasteiger partial charge in [-0.2, -0.15) is 4.37 Å². The standard InChI is InChI=1S/C19H19NO2S/c1-14(2)15-6-8-17(9-7-15)22-19-5-3-4-18(12-19)21-13-16-10-11-23-20-16/h3-12,14H,13H2,1-2H3. The van der Waals surface area contributed by atoms with E-state index in [9.17, 15) is 0 Å². The van der Waals surface area contributed by atoms with E-state index in [1.165, 1.54) is 17.1 Å². The van der Waals surface area contributed by atoms with Gasteiger partial charge in [-0.1, -0.05) is 32.0 Å². The second kappa shape index (κ2) is 7.29. The molecule has 0 aliphatic carbocycles. The van der Waals surface area contributed by atoms with Crippen molar-refractivity contribution >= 4 is 11.5 Å². The molecule has 23 heavy (non-hydrogen) atoms. The molecule has 3 nitrogen and oxygen atoms in total. The second-order valence-electron chi connectivity index (χ2n) is 5.58. The third-order valence-corrected chi connectivity index (χ3v) is 4.06. The van der Waals surface area contributed by atoms with Crippen LogP contribution in [0.1, 0.15) is 31.0 Å². The fourth-order valence-corrected chi connectivity index (χ4v) is 2.68. The minimum Gasteiger partial charge on any atom is -0.487 e. The van der Waals surface area contributed by atoms with Crippen molar-refractivity contribution in [1.29, 1.82) is 0 Å². The van der Waals surface area contributed by atoms with Crippen molar-refractivity contribution < 1.29 is 9.47 Å². The normalized spacial score (nSPS) is 10.7. The predicted molar refractivity (Wildman–Crippen MR) is 93.5 cm³/mol. The summed E-state index contributed by atoms with van der Waals surface area (Å²) in [7, 11) is 0. The lowest BCUT2D eigenvalue weighted by atomic mass is 10.0. The molecule has 0 aliphatic heterocycles. The van der Waals surface area contributed by atoms with E-state index in [0.29, 0.717) is 12.5 Å². The highest BCUT2D eigenvalue weighted by Crippen LogP contribution is 2.27. The van der Waals surface area contributed by atoms with Crippen molar-refractivity contribution in [2.24, 2.45) is 0 Å². The first-order valence-electron chi connectivity index (χ1n) is 7.60. The summed E-state index contributed by atoms with van der Waals surface area (Å²) in [6, 6.07) is 17.8. The molecule has 1 heterocycles. The summed E-state index contributed by atoms with van der Waals surface area (Å²) >= 11 is 1.43. The number of aromatic nitrogens is 1. The van der Waals surface area contributed by atoms with Crippen LogP contribution in [-0.2, 0) is 6.61 Å². The molecule has 0 aliphatic rings. The molecule has 3 rings (SSSR count). The van der Waals surface area contributed by atoms with Gasteiger partial charge in [0.25, 0.3) is 0 Å². The van der Waals surface area contributed by atoms with Crippen LogP contribution in [0.25, 0.3) is 0 Å². The van der Waals surface area contributed by atoms with Crippen LogP contribution in [0.4, 0.5) is 0 Å². The zero-order chi connectivity index (χ0) is 16.1. The van der Waals surface area contributed by atoms with Gasteiger partial charge in [-0.05, 0) is 53.3 Å². The first kappa shape index (κ1) is 15.6. The van der Waals surface area contributed by atoms with Crippen LogP contribution in [0, 0.1) is 0 Å². The van der Waals surface area contributed by atoms with Crippen molar-refractivity contribution in [1.82, 2.24) is 4.37 Å². The molecular weight excluding hydrogens is 306 g/mol. The summed E-state index contributed by atoms with van der Waals surface area (Å²) in [5.41, 5.74) is 2.24. The molecule has 0 atom stereocenters. The maximum absolute atomic E-state index is 5.90. The van der Waals surface area contributed by atoms with Gasteiger partial charge in [0.15, 0.2) is 0 Å². The maximum atomic E-state index is 5.90. The maximum Gasteiger partial charge on any atom is 0.131 e. The molecule has 0 spiro atoms. The molecule has 118 valence electrons. The Morgan fingerprint density at radius 2 is 1.74 bits per heavy atom. The van der Waals surface area contributed by atoms with Crippen LogP contribution in [0.15, 0.2) is 60.0 Å². The summed E-state index contributed by atoms with van der Waals surface area (Å²) in [5, 5.41) is 1.94. The molecule has 0 saturated heterocycles. The number of ether oxygens (including phenoxy) is 2. The Labute approximate surface area is 140 Å². The van der Waals surface area contributed by atoms with Gasteiger partial charge in [-0.25, -0.2) is 0 Å². The van der Waals surface area contributed by atoms with Crippen LogP contribution in [0.3, 0.4) is 0 Å². The molecule has 3 aromatic rings. The van der Waals surface area contributed by atoms with E-state index < -0.39 is 0 Å². The monoisotopic (exact) mass is 325 g/mol. The van der Waals surface area contributed by atoms with Gasteiger partial charge in [0.05, 0.1) is 5.69 Å². The predicted octanol–water partition coefficient (Wildman–Crippen LogP) is 5.64. The summed E-state index contributed by atoms with van der Waals surface area (Å²) in [5.74, 6) is 2.88. The lowest BCUT2D eigenvalue weighted by Crippen LogP contribution is -1.95. The number of hydrogen-bond acceptors (Lipinski definition) is 4. The van der Waals surface area contributed by atoms with E-state index in [-0.39, 0.29) is 0 Å². The summed E-state index contributed by atoms with van der Waals surface area (Å²) in [6.45, 7) is 4.83. The Balaban J connectivity index is 1.64. The Kier molecular flexibility index (Phi) is 4.93. The quantitative estimate of drug-likeness (QED) is 0.588. The van der Waals surface area contributed by atoms with Crippen LogP contribution >= 0.6 is 11.5 Å². The molecular formula is C19H19NO2S. The molecule has 4 heteroatoms. The molecule has 0 radical (unpaired) electrons. The molecule has 0 unspecified atom stereocenters. The van der Waals surface area contributed by atoms with Crippen molar-refractivity contribution in [3.8, 4) is 17.2 Å². The zero-order valence-electron chi connectivity index (χ0n) is 13.2. The third-order valence-electron chi connectivity index (χ3n) is 3.47. The Morgan fingerprint density at radius 1 is 0.957 bits per heavy atom. The Hall–Kier alpha value is -2.33. The van der Waals surface area contributed by atoms with Gasteiger partial charge in [0.1, 0.15) is 23.9 Å². The molecule has 2 aromatic carbocycles. The lowest BCUT2D eigenvalue weighted by molar-refractivity contribution is 0.301. The van der Waals surface area contributed by atoms with E-state index in [2.05, 4.69) is 30.4 Å². The van der Waals surface area contributed by atoms with Gasteiger partial charge in [0.2, 0.25) is 0 Å². The Bertz CT molecular complexity index is 736. The topological polar surface area (TPSA) is 31.4 Å². The second-order valence-corrected chi connectivity index (χ2v) is 6.25. The van der Waals surface area contributed by atoms with Crippen molar-refractivity contribution in [3.63, 3.8) is 0 Å². The van der Waals surface area contributed by atoms with Crippen LogP contribution in [0.5, 0.6) is 17.2 Å². The highest BCUT2D eigenvalue weighted by Gasteiger charge is 2.03. The average Bonchev–Trinajstić information content (AvgIpc) is 3.07. The third kappa shape index (κ3) is 4.33. The minimum atomic E-state index is 0.468. The average molecular weight is 325 g/mol. The van der Waals surface area contributed by atoms with E-state index >= 15 is 0 Å². The molecule has 0 bridgehead atoms. The van der Waals surface area contributed by atoms with E-state index in [1.807, 2.05) is 47.8 Å². The summed E-state index contributed by atoms with van der Waals surface area (Å²) in [4.78, 5) is 0. The fourth-order valence-electron chi connectivity index (χ4n) is 2.15. The molecule has 0 amide bonds. The highest BCUT2D eigenvalue weighted by molar-refractivity contribution is 7.03. The first-order chi connectivity index (χ1) is 11.2. The summed E-state index contributed by atoms with van der Waals surface area (Å²) < 4.78 is 15.9. The smallest absolute Gasteiger partial charge is 0.131 e. The molecule has 0 saturated carbocycles. The van der Waals surface area contributed by atoms with Gasteiger partial charge in [-0.3, -0.25) is 0 Å². The largest absolute Gasteiger partial charge is 0.487 e. The van der Waals surface area contributed by atoms with E-state index in [4.69, 9.17) is 9.47 Å². The van der Waals surface area contributed by atoms with E-state index in [0.717, 1.165) is 22.9 Å². The number of rotatable bonds is 6. The van der Waals surface area contributed by atoms with Crippen LogP contribution < -0.4 is 9.47 Å². The van der Waals surface area contributed by atoms with Crippen LogP contribution in [0.2, 0.25) is 0 Å². The minimum absolute atomic E-state index is 0.468. The number of benzene rings is 2. The summed E-state index contributed by atoms with van der Waals surface area (Å²) in [6.07, 6.45) is 0. The van der Waals surface area contributed by atoms with Crippen molar-refractivity contribution in [2.45, 2.75) is 26.4 Å². The lowest BCUT2D eigenvalue weighted by Gasteiger charge is -2.10. The number of nitrogens with zero attached hydrogens (tertiary/aromatic N) is 1.